The maximum Gasteiger partial charge on any atom is 0.317 e. The van der Waals surface area contributed by atoms with E-state index in [1.807, 2.05) is 11.8 Å². The highest BCUT2D eigenvalue weighted by molar-refractivity contribution is 5.80. The van der Waals surface area contributed by atoms with Gasteiger partial charge in [0, 0.05) is 13.1 Å². The largest absolute Gasteiger partial charge is 0.376 e. The van der Waals surface area contributed by atoms with Crippen molar-refractivity contribution < 1.29 is 19.1 Å². The van der Waals surface area contributed by atoms with E-state index in [0.717, 1.165) is 25.7 Å². The van der Waals surface area contributed by atoms with Crippen molar-refractivity contribution in [3.63, 3.8) is 0 Å². The molecule has 1 saturated carbocycles. The second kappa shape index (κ2) is 9.35. The number of hydrogen-bond acceptors (Lipinski definition) is 4. The molecule has 3 fully saturated rings. The molecule has 2 atom stereocenters. The normalized spacial score (nSPS) is 31.6. The van der Waals surface area contributed by atoms with Gasteiger partial charge in [-0.05, 0) is 50.5 Å². The fourth-order valence-corrected chi connectivity index (χ4v) is 5.19. The topological polar surface area (TPSA) is 79.9 Å². The Kier molecular flexibility index (Phi) is 6.58. The summed E-state index contributed by atoms with van der Waals surface area (Å²) >= 11 is 0. The zero-order chi connectivity index (χ0) is 21.0. The van der Waals surface area contributed by atoms with Crippen LogP contribution in [0.1, 0.15) is 50.5 Å². The van der Waals surface area contributed by atoms with Crippen LogP contribution in [0.5, 0.6) is 0 Å². The molecule has 3 amide bonds. The summed E-state index contributed by atoms with van der Waals surface area (Å²) in [5.74, 6) is 0.481. The molecule has 2 unspecified atom stereocenters. The van der Waals surface area contributed by atoms with Crippen LogP contribution in [-0.2, 0) is 14.3 Å². The molecule has 2 heterocycles. The minimum absolute atomic E-state index is 0.0833. The summed E-state index contributed by atoms with van der Waals surface area (Å²) in [5, 5.41) is 6.01. The Bertz CT molecular complexity index is 735. The zero-order valence-electron chi connectivity index (χ0n) is 17.8. The monoisotopic (exact) mass is 415 g/mol. The average molecular weight is 416 g/mol. The van der Waals surface area contributed by atoms with Crippen molar-refractivity contribution in [2.75, 3.05) is 32.9 Å². The van der Waals surface area contributed by atoms with E-state index >= 15 is 0 Å². The minimum atomic E-state index is -0.554. The van der Waals surface area contributed by atoms with Crippen molar-refractivity contribution in [1.29, 1.82) is 0 Å². The van der Waals surface area contributed by atoms with E-state index in [9.17, 15) is 9.59 Å². The van der Waals surface area contributed by atoms with Gasteiger partial charge in [0.05, 0.1) is 30.9 Å². The molecule has 7 heteroatoms. The van der Waals surface area contributed by atoms with Crippen LogP contribution < -0.4 is 10.6 Å². The van der Waals surface area contributed by atoms with E-state index in [1.54, 1.807) is 0 Å². The molecule has 0 radical (unpaired) electrons. The number of amides is 3. The molecule has 2 saturated heterocycles. The predicted molar refractivity (Wildman–Crippen MR) is 113 cm³/mol. The second-order valence-electron chi connectivity index (χ2n) is 8.71. The van der Waals surface area contributed by atoms with Gasteiger partial charge in [0.1, 0.15) is 6.61 Å². The highest BCUT2D eigenvalue weighted by Gasteiger charge is 2.52. The van der Waals surface area contributed by atoms with Crippen LogP contribution in [0, 0.1) is 0 Å². The Hall–Kier alpha value is -2.12. The van der Waals surface area contributed by atoms with E-state index in [-0.39, 0.29) is 30.7 Å². The van der Waals surface area contributed by atoms with Crippen molar-refractivity contribution >= 4 is 11.9 Å². The average Bonchev–Trinajstić information content (AvgIpc) is 3.10. The van der Waals surface area contributed by atoms with Crippen LogP contribution in [-0.4, -0.2) is 67.4 Å². The molecule has 1 aromatic rings. The molecule has 1 aromatic carbocycles. The third-order valence-electron chi connectivity index (χ3n) is 6.82. The Labute approximate surface area is 178 Å². The lowest BCUT2D eigenvalue weighted by Crippen LogP contribution is -2.65. The van der Waals surface area contributed by atoms with E-state index in [2.05, 4.69) is 41.0 Å². The highest BCUT2D eigenvalue weighted by atomic mass is 16.5. The quantitative estimate of drug-likeness (QED) is 0.774. The predicted octanol–water partition coefficient (Wildman–Crippen LogP) is 2.42. The molecule has 3 aliphatic rings. The number of likely N-dealkylation sites (tertiary alicyclic amines) is 1. The number of carbonyl (C=O) groups is 2. The highest BCUT2D eigenvalue weighted by Crippen LogP contribution is 2.36. The summed E-state index contributed by atoms with van der Waals surface area (Å²) < 4.78 is 11.9. The van der Waals surface area contributed by atoms with Gasteiger partial charge in [0.15, 0.2) is 0 Å². The zero-order valence-corrected chi connectivity index (χ0v) is 17.8. The van der Waals surface area contributed by atoms with Gasteiger partial charge >= 0.3 is 6.03 Å². The van der Waals surface area contributed by atoms with Gasteiger partial charge in [-0.15, -0.1) is 0 Å². The molecule has 1 spiro atoms. The summed E-state index contributed by atoms with van der Waals surface area (Å²) in [5.41, 5.74) is 0.858. The number of carbonyl (C=O) groups excluding carboxylic acids is 2. The van der Waals surface area contributed by atoms with Gasteiger partial charge in [-0.3, -0.25) is 4.79 Å². The summed E-state index contributed by atoms with van der Waals surface area (Å²) in [7, 11) is 0. The first-order valence-corrected chi connectivity index (χ1v) is 11.2. The number of rotatable bonds is 5. The van der Waals surface area contributed by atoms with E-state index in [4.69, 9.17) is 9.47 Å². The van der Waals surface area contributed by atoms with Gasteiger partial charge in [-0.25, -0.2) is 4.79 Å². The van der Waals surface area contributed by atoms with Crippen LogP contribution in [0.3, 0.4) is 0 Å². The van der Waals surface area contributed by atoms with Gasteiger partial charge in [-0.1, -0.05) is 30.3 Å². The molecule has 0 bridgehead atoms. The third kappa shape index (κ3) is 4.47. The molecule has 2 N–H and O–H groups in total. The fourth-order valence-electron chi connectivity index (χ4n) is 5.19. The maximum atomic E-state index is 12.6. The second-order valence-corrected chi connectivity index (χ2v) is 8.71. The van der Waals surface area contributed by atoms with Crippen molar-refractivity contribution in [2.24, 2.45) is 0 Å². The summed E-state index contributed by atoms with van der Waals surface area (Å²) in [6, 6.07) is 10.4. The Morgan fingerprint density at radius 2 is 2.03 bits per heavy atom. The molecule has 0 aromatic heterocycles. The minimum Gasteiger partial charge on any atom is -0.376 e. The number of urea groups is 1. The van der Waals surface area contributed by atoms with Crippen LogP contribution in [0.4, 0.5) is 4.79 Å². The summed E-state index contributed by atoms with van der Waals surface area (Å²) in [4.78, 5) is 26.5. The Morgan fingerprint density at radius 3 is 2.73 bits per heavy atom. The molecule has 4 rings (SSSR count). The fraction of sp³-hybridized carbons (Fsp3) is 0.652. The smallest absolute Gasteiger partial charge is 0.317 e. The Morgan fingerprint density at radius 1 is 1.27 bits per heavy atom. The van der Waals surface area contributed by atoms with E-state index in [1.165, 1.54) is 5.56 Å². The molecule has 1 aliphatic carbocycles. The van der Waals surface area contributed by atoms with Gasteiger partial charge < -0.3 is 25.0 Å². The first-order valence-electron chi connectivity index (χ1n) is 11.2. The van der Waals surface area contributed by atoms with Crippen molar-refractivity contribution in [2.45, 2.75) is 62.6 Å². The van der Waals surface area contributed by atoms with Gasteiger partial charge in [-0.2, -0.15) is 0 Å². The molecule has 30 heavy (non-hydrogen) atoms. The van der Waals surface area contributed by atoms with Crippen LogP contribution in [0.25, 0.3) is 0 Å². The standard InChI is InChI=1S/C23H33N3O4/c1-2-24-22(28)26-13-12-23(16-29-15-21(27)25-23)20(26)14-30-19-10-8-18(9-11-19)17-6-4-3-5-7-17/h3-7,18-20H,2,8-16H2,1H3,(H,24,28)(H,25,27)/t18-,19+,20?,23?. The SMILES string of the molecule is CCNC(=O)N1CCC2(COCC(=O)N2)C1CO[C@H]1CC[C@@H](c2ccccc2)CC1. The van der Waals surface area contributed by atoms with Crippen molar-refractivity contribution in [1.82, 2.24) is 15.5 Å². The Balaban J connectivity index is 1.38. The van der Waals surface area contributed by atoms with Crippen molar-refractivity contribution in [3.8, 4) is 0 Å². The number of nitrogens with zero attached hydrogens (tertiary/aromatic N) is 1. The number of hydrogen-bond donors (Lipinski definition) is 2. The van der Waals surface area contributed by atoms with Crippen molar-refractivity contribution in [3.05, 3.63) is 35.9 Å². The van der Waals surface area contributed by atoms with Gasteiger partial charge in [0.2, 0.25) is 5.91 Å². The first kappa shape index (κ1) is 21.1. The third-order valence-corrected chi connectivity index (χ3v) is 6.82. The van der Waals surface area contributed by atoms with E-state index in [0.29, 0.717) is 38.6 Å². The van der Waals surface area contributed by atoms with E-state index < -0.39 is 5.54 Å². The number of nitrogens with one attached hydrogen (secondary N) is 2. The molecular formula is C23H33N3O4. The van der Waals surface area contributed by atoms with Gasteiger partial charge in [0.25, 0.3) is 0 Å². The molecule has 164 valence electrons. The number of morpholine rings is 1. The summed E-state index contributed by atoms with van der Waals surface area (Å²) in [6.07, 6.45) is 5.14. The first-order chi connectivity index (χ1) is 14.6. The molecule has 2 aliphatic heterocycles. The van der Waals surface area contributed by atoms with Crippen LogP contribution in [0.2, 0.25) is 0 Å². The lowest BCUT2D eigenvalue weighted by Gasteiger charge is -2.41. The lowest BCUT2D eigenvalue weighted by molar-refractivity contribution is -0.137. The molecular weight excluding hydrogens is 382 g/mol. The molecule has 7 nitrogen and oxygen atoms in total. The van der Waals surface area contributed by atoms with Crippen LogP contribution >= 0.6 is 0 Å². The maximum absolute atomic E-state index is 12.6. The summed E-state index contributed by atoms with van der Waals surface area (Å²) in [6.45, 7) is 3.99. The number of benzene rings is 1. The van der Waals surface area contributed by atoms with Crippen LogP contribution in [0.15, 0.2) is 30.3 Å². The lowest BCUT2D eigenvalue weighted by atomic mass is 9.82. The number of ether oxygens (including phenoxy) is 2.